The Labute approximate surface area is 118 Å². The fourth-order valence-corrected chi connectivity index (χ4v) is 2.08. The molecule has 0 unspecified atom stereocenters. The lowest BCUT2D eigenvalue weighted by molar-refractivity contribution is 0.183. The number of nitrogens with one attached hydrogen (secondary N) is 1. The van der Waals surface area contributed by atoms with Gasteiger partial charge in [0.05, 0.1) is 0 Å². The van der Waals surface area contributed by atoms with Crippen LogP contribution >= 0.6 is 0 Å². The predicted molar refractivity (Wildman–Crippen MR) is 81.7 cm³/mol. The highest BCUT2D eigenvalue weighted by atomic mass is 16.5. The number of ether oxygens (including phenoxy) is 1. The first-order valence-corrected chi connectivity index (χ1v) is 7.33. The van der Waals surface area contributed by atoms with Gasteiger partial charge in [0, 0.05) is 19.1 Å². The maximum Gasteiger partial charge on any atom is 0.119 e. The van der Waals surface area contributed by atoms with E-state index in [2.05, 4.69) is 56.1 Å². The SMILES string of the molecule is CCNCc1cccc(OCCN(CC)C(C)C)c1. The van der Waals surface area contributed by atoms with Gasteiger partial charge in [-0.25, -0.2) is 0 Å². The Morgan fingerprint density at radius 2 is 2.05 bits per heavy atom. The average Bonchev–Trinajstić information content (AvgIpc) is 2.41. The van der Waals surface area contributed by atoms with Crippen LogP contribution < -0.4 is 10.1 Å². The summed E-state index contributed by atoms with van der Waals surface area (Å²) in [6.07, 6.45) is 0. The summed E-state index contributed by atoms with van der Waals surface area (Å²) >= 11 is 0. The van der Waals surface area contributed by atoms with Crippen LogP contribution in [0.5, 0.6) is 5.75 Å². The smallest absolute Gasteiger partial charge is 0.119 e. The topological polar surface area (TPSA) is 24.5 Å². The number of hydrogen-bond acceptors (Lipinski definition) is 3. The van der Waals surface area contributed by atoms with E-state index in [1.807, 2.05) is 6.07 Å². The third kappa shape index (κ3) is 6.08. The molecule has 1 rings (SSSR count). The predicted octanol–water partition coefficient (Wildman–Crippen LogP) is 2.91. The lowest BCUT2D eigenvalue weighted by atomic mass is 10.2. The summed E-state index contributed by atoms with van der Waals surface area (Å²) in [5.74, 6) is 0.968. The van der Waals surface area contributed by atoms with Crippen molar-refractivity contribution in [3.63, 3.8) is 0 Å². The van der Waals surface area contributed by atoms with Gasteiger partial charge in [0.15, 0.2) is 0 Å². The molecule has 0 aliphatic heterocycles. The van der Waals surface area contributed by atoms with Gasteiger partial charge in [-0.15, -0.1) is 0 Å². The van der Waals surface area contributed by atoms with E-state index in [1.165, 1.54) is 5.56 Å². The molecule has 0 heterocycles. The van der Waals surface area contributed by atoms with Crippen molar-refractivity contribution in [2.75, 3.05) is 26.2 Å². The van der Waals surface area contributed by atoms with Gasteiger partial charge in [-0.1, -0.05) is 26.0 Å². The summed E-state index contributed by atoms with van der Waals surface area (Å²) in [7, 11) is 0. The van der Waals surface area contributed by atoms with E-state index in [0.717, 1.165) is 38.5 Å². The molecule has 3 nitrogen and oxygen atoms in total. The molecule has 0 aromatic heterocycles. The standard InChI is InChI=1S/C16H28N2O/c1-5-17-13-15-8-7-9-16(12-15)19-11-10-18(6-2)14(3)4/h7-9,12,14,17H,5-6,10-11,13H2,1-4H3. The summed E-state index contributed by atoms with van der Waals surface area (Å²) in [5.41, 5.74) is 1.27. The Balaban J connectivity index is 2.40. The summed E-state index contributed by atoms with van der Waals surface area (Å²) in [6, 6.07) is 8.91. The van der Waals surface area contributed by atoms with Crippen LogP contribution in [0.3, 0.4) is 0 Å². The van der Waals surface area contributed by atoms with Gasteiger partial charge in [-0.3, -0.25) is 4.90 Å². The fraction of sp³-hybridized carbons (Fsp3) is 0.625. The van der Waals surface area contributed by atoms with Crippen LogP contribution in [0.1, 0.15) is 33.3 Å². The number of benzene rings is 1. The van der Waals surface area contributed by atoms with Crippen molar-refractivity contribution in [3.05, 3.63) is 29.8 Å². The third-order valence-corrected chi connectivity index (χ3v) is 3.26. The normalized spacial score (nSPS) is 11.3. The molecule has 0 aliphatic carbocycles. The van der Waals surface area contributed by atoms with E-state index in [-0.39, 0.29) is 0 Å². The zero-order chi connectivity index (χ0) is 14.1. The zero-order valence-electron chi connectivity index (χ0n) is 12.8. The zero-order valence-corrected chi connectivity index (χ0v) is 12.8. The first-order chi connectivity index (χ1) is 9.17. The van der Waals surface area contributed by atoms with Crippen LogP contribution in [0.15, 0.2) is 24.3 Å². The maximum atomic E-state index is 5.84. The lowest BCUT2D eigenvalue weighted by Crippen LogP contribution is -2.34. The molecule has 3 heteroatoms. The first-order valence-electron chi connectivity index (χ1n) is 7.33. The van der Waals surface area contributed by atoms with Crippen molar-refractivity contribution >= 4 is 0 Å². The van der Waals surface area contributed by atoms with Crippen molar-refractivity contribution in [1.82, 2.24) is 10.2 Å². The number of rotatable bonds is 9. The molecule has 1 aromatic carbocycles. The summed E-state index contributed by atoms with van der Waals surface area (Å²) in [4.78, 5) is 2.41. The van der Waals surface area contributed by atoms with Crippen LogP contribution in [-0.4, -0.2) is 37.2 Å². The van der Waals surface area contributed by atoms with E-state index in [1.54, 1.807) is 0 Å². The van der Waals surface area contributed by atoms with Crippen LogP contribution in [0.25, 0.3) is 0 Å². The Bertz CT molecular complexity index is 352. The van der Waals surface area contributed by atoms with Gasteiger partial charge < -0.3 is 10.1 Å². The van der Waals surface area contributed by atoms with E-state index >= 15 is 0 Å². The van der Waals surface area contributed by atoms with Gasteiger partial charge in [0.25, 0.3) is 0 Å². The lowest BCUT2D eigenvalue weighted by Gasteiger charge is -2.24. The van der Waals surface area contributed by atoms with Crippen molar-refractivity contribution in [2.24, 2.45) is 0 Å². The molecular weight excluding hydrogens is 236 g/mol. The summed E-state index contributed by atoms with van der Waals surface area (Å²) in [6.45, 7) is 13.4. The van der Waals surface area contributed by atoms with E-state index in [4.69, 9.17) is 4.74 Å². The minimum atomic E-state index is 0.577. The largest absolute Gasteiger partial charge is 0.492 e. The van der Waals surface area contributed by atoms with Crippen LogP contribution in [0, 0.1) is 0 Å². The quantitative estimate of drug-likeness (QED) is 0.742. The average molecular weight is 264 g/mol. The fourth-order valence-electron chi connectivity index (χ4n) is 2.08. The molecule has 0 spiro atoms. The third-order valence-electron chi connectivity index (χ3n) is 3.26. The highest BCUT2D eigenvalue weighted by molar-refractivity contribution is 5.28. The minimum absolute atomic E-state index is 0.577. The molecule has 0 saturated carbocycles. The molecule has 0 amide bonds. The van der Waals surface area contributed by atoms with E-state index < -0.39 is 0 Å². The summed E-state index contributed by atoms with van der Waals surface area (Å²) in [5, 5.41) is 3.33. The maximum absolute atomic E-state index is 5.84. The second-order valence-corrected chi connectivity index (χ2v) is 5.00. The highest BCUT2D eigenvalue weighted by Crippen LogP contribution is 2.13. The van der Waals surface area contributed by atoms with Crippen molar-refractivity contribution in [1.29, 1.82) is 0 Å². The molecule has 0 bridgehead atoms. The molecule has 0 radical (unpaired) electrons. The molecule has 19 heavy (non-hydrogen) atoms. The molecule has 1 N–H and O–H groups in total. The van der Waals surface area contributed by atoms with Crippen molar-refractivity contribution in [3.8, 4) is 5.75 Å². The molecule has 0 atom stereocenters. The Morgan fingerprint density at radius 1 is 1.26 bits per heavy atom. The second kappa shape index (κ2) is 8.94. The van der Waals surface area contributed by atoms with Crippen molar-refractivity contribution < 1.29 is 4.74 Å². The van der Waals surface area contributed by atoms with E-state index in [0.29, 0.717) is 6.04 Å². The molecule has 108 valence electrons. The number of hydrogen-bond donors (Lipinski definition) is 1. The second-order valence-electron chi connectivity index (χ2n) is 5.00. The molecule has 0 saturated heterocycles. The molecule has 0 fully saturated rings. The highest BCUT2D eigenvalue weighted by Gasteiger charge is 2.06. The Morgan fingerprint density at radius 3 is 2.68 bits per heavy atom. The van der Waals surface area contributed by atoms with Crippen molar-refractivity contribution in [2.45, 2.75) is 40.3 Å². The minimum Gasteiger partial charge on any atom is -0.492 e. The molecule has 0 aliphatic rings. The van der Waals surface area contributed by atoms with Crippen LogP contribution in [0.2, 0.25) is 0 Å². The number of likely N-dealkylation sites (N-methyl/N-ethyl adjacent to an activating group) is 1. The Hall–Kier alpha value is -1.06. The summed E-state index contributed by atoms with van der Waals surface area (Å²) < 4.78 is 5.84. The van der Waals surface area contributed by atoms with Crippen LogP contribution in [-0.2, 0) is 6.54 Å². The van der Waals surface area contributed by atoms with E-state index in [9.17, 15) is 0 Å². The Kier molecular flexibility index (Phi) is 7.53. The van der Waals surface area contributed by atoms with Crippen LogP contribution in [0.4, 0.5) is 0 Å². The monoisotopic (exact) mass is 264 g/mol. The first kappa shape index (κ1) is 16.0. The molecule has 1 aromatic rings. The van der Waals surface area contributed by atoms with Gasteiger partial charge in [-0.05, 0) is 44.6 Å². The van der Waals surface area contributed by atoms with Gasteiger partial charge in [0.1, 0.15) is 12.4 Å². The van der Waals surface area contributed by atoms with Gasteiger partial charge >= 0.3 is 0 Å². The number of nitrogens with zero attached hydrogens (tertiary/aromatic N) is 1. The van der Waals surface area contributed by atoms with Gasteiger partial charge in [-0.2, -0.15) is 0 Å². The molecular formula is C16H28N2O. The van der Waals surface area contributed by atoms with Gasteiger partial charge in [0.2, 0.25) is 0 Å².